The molecule has 3 aromatic rings. The van der Waals surface area contributed by atoms with Crippen LogP contribution in [0.2, 0.25) is 0 Å². The van der Waals surface area contributed by atoms with Gasteiger partial charge in [-0.3, -0.25) is 9.10 Å². The number of para-hydroxylation sites is 1. The number of hydrogen-bond donors (Lipinski definition) is 1. The number of carbonyl (C=O) groups excluding carboxylic acids is 1. The lowest BCUT2D eigenvalue weighted by molar-refractivity contribution is 0.0938. The Morgan fingerprint density at radius 3 is 2.06 bits per heavy atom. The van der Waals surface area contributed by atoms with Gasteiger partial charge in [0, 0.05) is 11.6 Å². The first-order chi connectivity index (χ1) is 15.6. The topological polar surface area (TPSA) is 66.5 Å². The summed E-state index contributed by atoms with van der Waals surface area (Å²) < 4.78 is 26.6. The summed E-state index contributed by atoms with van der Waals surface area (Å²) >= 11 is 0. The summed E-state index contributed by atoms with van der Waals surface area (Å²) in [6, 6.07) is 23.1. The molecule has 6 heteroatoms. The lowest BCUT2D eigenvalue weighted by atomic mass is 10.1. The molecule has 0 unspecified atom stereocenters. The second-order valence-electron chi connectivity index (χ2n) is 8.61. The highest BCUT2D eigenvalue weighted by Gasteiger charge is 2.21. The molecular weight excluding hydrogens is 432 g/mol. The van der Waals surface area contributed by atoms with E-state index >= 15 is 0 Å². The quantitative estimate of drug-likeness (QED) is 0.483. The predicted octanol–water partition coefficient (Wildman–Crippen LogP) is 5.02. The molecule has 1 N–H and O–H groups in total. The molecule has 5 nitrogen and oxygen atoms in total. The van der Waals surface area contributed by atoms with Crippen LogP contribution in [0.3, 0.4) is 0 Å². The van der Waals surface area contributed by atoms with Crippen molar-refractivity contribution in [3.05, 3.63) is 101 Å². The summed E-state index contributed by atoms with van der Waals surface area (Å²) in [6.07, 6.45) is 2.98. The molecule has 33 heavy (non-hydrogen) atoms. The first-order valence-corrected chi connectivity index (χ1v) is 13.0. The molecule has 0 fully saturated rings. The van der Waals surface area contributed by atoms with Crippen LogP contribution in [-0.2, 0) is 23.0 Å². The zero-order chi connectivity index (χ0) is 24.0. The number of sulfonamides is 1. The van der Waals surface area contributed by atoms with E-state index in [1.54, 1.807) is 12.1 Å². The molecule has 0 aliphatic rings. The Bertz CT molecular complexity index is 1170. The third kappa shape index (κ3) is 6.68. The Balaban J connectivity index is 1.66. The number of hydrogen-bond acceptors (Lipinski definition) is 3. The number of anilines is 1. The fourth-order valence-corrected chi connectivity index (χ4v) is 4.90. The molecule has 0 bridgehead atoms. The zero-order valence-corrected chi connectivity index (χ0v) is 20.5. The minimum absolute atomic E-state index is 0.0436. The van der Waals surface area contributed by atoms with Crippen LogP contribution in [0.25, 0.3) is 0 Å². The van der Waals surface area contributed by atoms with Crippen LogP contribution in [0.4, 0.5) is 5.69 Å². The summed E-state index contributed by atoms with van der Waals surface area (Å²) in [4.78, 5) is 12.7. The van der Waals surface area contributed by atoms with Gasteiger partial charge < -0.3 is 5.32 Å². The smallest absolute Gasteiger partial charge is 0.251 e. The average Bonchev–Trinajstić information content (AvgIpc) is 2.77. The minimum Gasteiger partial charge on any atom is -0.350 e. The van der Waals surface area contributed by atoms with E-state index < -0.39 is 10.0 Å². The maximum Gasteiger partial charge on any atom is 0.251 e. The van der Waals surface area contributed by atoms with E-state index in [2.05, 4.69) is 17.4 Å². The number of nitrogens with zero attached hydrogens (tertiary/aromatic N) is 1. The lowest BCUT2D eigenvalue weighted by Gasteiger charge is -2.26. The van der Waals surface area contributed by atoms with E-state index in [9.17, 15) is 13.2 Å². The van der Waals surface area contributed by atoms with Crippen LogP contribution in [0, 0.1) is 13.8 Å². The van der Waals surface area contributed by atoms with Gasteiger partial charge in [0.2, 0.25) is 10.0 Å². The van der Waals surface area contributed by atoms with Gasteiger partial charge in [-0.2, -0.15) is 0 Å². The SMILES string of the molecule is Cc1cccc(C)c1N(Cc1ccc(C(=O)N[C@H](C)CCc2ccccc2)cc1)S(C)(=O)=O. The Hall–Kier alpha value is -3.12. The molecule has 0 saturated heterocycles. The minimum atomic E-state index is -3.48. The van der Waals surface area contributed by atoms with Gasteiger partial charge in [0.15, 0.2) is 0 Å². The molecule has 3 aromatic carbocycles. The van der Waals surface area contributed by atoms with Gasteiger partial charge in [-0.25, -0.2) is 8.42 Å². The molecule has 1 amide bonds. The number of aryl methyl sites for hydroxylation is 3. The molecule has 1 atom stereocenters. The van der Waals surface area contributed by atoms with Crippen LogP contribution < -0.4 is 9.62 Å². The third-order valence-electron chi connectivity index (χ3n) is 5.72. The maximum absolute atomic E-state index is 12.7. The molecule has 0 aliphatic carbocycles. The van der Waals surface area contributed by atoms with Crippen LogP contribution in [-0.4, -0.2) is 26.6 Å². The molecule has 0 heterocycles. The molecule has 0 aliphatic heterocycles. The van der Waals surface area contributed by atoms with Gasteiger partial charge >= 0.3 is 0 Å². The Kier molecular flexibility index (Phi) is 7.92. The molecular formula is C27H32N2O3S. The zero-order valence-electron chi connectivity index (χ0n) is 19.7. The fraction of sp³-hybridized carbons (Fsp3) is 0.296. The monoisotopic (exact) mass is 464 g/mol. The number of carbonyl (C=O) groups is 1. The second kappa shape index (κ2) is 10.7. The van der Waals surface area contributed by atoms with E-state index in [0.29, 0.717) is 11.3 Å². The first kappa shape index (κ1) is 24.5. The Morgan fingerprint density at radius 2 is 1.48 bits per heavy atom. The average molecular weight is 465 g/mol. The predicted molar refractivity (Wildman–Crippen MR) is 135 cm³/mol. The maximum atomic E-state index is 12.7. The van der Waals surface area contributed by atoms with E-state index in [1.807, 2.05) is 69.3 Å². The van der Waals surface area contributed by atoms with Crippen LogP contribution in [0.15, 0.2) is 72.8 Å². The van der Waals surface area contributed by atoms with E-state index in [0.717, 1.165) is 29.5 Å². The van der Waals surface area contributed by atoms with Gasteiger partial charge in [-0.1, -0.05) is 60.7 Å². The second-order valence-corrected chi connectivity index (χ2v) is 10.5. The van der Waals surface area contributed by atoms with E-state index in [1.165, 1.54) is 16.1 Å². The standard InChI is InChI=1S/C27H32N2O3S/c1-20-9-8-10-21(2)26(20)29(33(4,31)32)19-24-15-17-25(18-16-24)27(30)28-22(3)13-14-23-11-6-5-7-12-23/h5-12,15-18,22H,13-14,19H2,1-4H3,(H,28,30)/t22-/m1/s1. The van der Waals surface area contributed by atoms with Gasteiger partial charge in [-0.15, -0.1) is 0 Å². The Morgan fingerprint density at radius 1 is 0.879 bits per heavy atom. The number of benzene rings is 3. The molecule has 3 rings (SSSR count). The number of nitrogens with one attached hydrogen (secondary N) is 1. The summed E-state index contributed by atoms with van der Waals surface area (Å²) in [5.41, 5.74) is 5.14. The van der Waals surface area contributed by atoms with Crippen molar-refractivity contribution < 1.29 is 13.2 Å². The van der Waals surface area contributed by atoms with Crippen molar-refractivity contribution in [2.45, 2.75) is 46.2 Å². The highest BCUT2D eigenvalue weighted by atomic mass is 32.2. The van der Waals surface area contributed by atoms with Crippen molar-refractivity contribution in [1.82, 2.24) is 5.32 Å². The Labute approximate surface area is 197 Å². The molecule has 0 radical (unpaired) electrons. The van der Waals surface area contributed by atoms with Crippen molar-refractivity contribution in [3.8, 4) is 0 Å². The molecule has 0 saturated carbocycles. The largest absolute Gasteiger partial charge is 0.350 e. The van der Waals surface area contributed by atoms with Crippen LogP contribution >= 0.6 is 0 Å². The summed E-state index contributed by atoms with van der Waals surface area (Å²) in [7, 11) is -3.48. The van der Waals surface area contributed by atoms with E-state index in [4.69, 9.17) is 0 Å². The highest BCUT2D eigenvalue weighted by molar-refractivity contribution is 7.92. The van der Waals surface area contributed by atoms with Gasteiger partial charge in [-0.05, 0) is 68.0 Å². The van der Waals surface area contributed by atoms with Gasteiger partial charge in [0.25, 0.3) is 5.91 Å². The number of rotatable bonds is 9. The molecule has 0 spiro atoms. The molecule has 174 valence electrons. The van der Waals surface area contributed by atoms with Crippen LogP contribution in [0.5, 0.6) is 0 Å². The van der Waals surface area contributed by atoms with Gasteiger partial charge in [0.1, 0.15) is 0 Å². The van der Waals surface area contributed by atoms with Crippen molar-refractivity contribution in [3.63, 3.8) is 0 Å². The third-order valence-corrected chi connectivity index (χ3v) is 6.83. The van der Waals surface area contributed by atoms with Crippen molar-refractivity contribution in [2.24, 2.45) is 0 Å². The van der Waals surface area contributed by atoms with Crippen LogP contribution in [0.1, 0.15) is 46.0 Å². The fourth-order valence-electron chi connectivity index (χ4n) is 3.90. The number of amides is 1. The van der Waals surface area contributed by atoms with Crippen molar-refractivity contribution >= 4 is 21.6 Å². The van der Waals surface area contributed by atoms with Crippen molar-refractivity contribution in [1.29, 1.82) is 0 Å². The summed E-state index contributed by atoms with van der Waals surface area (Å²) in [6.45, 7) is 6.03. The van der Waals surface area contributed by atoms with E-state index in [-0.39, 0.29) is 18.5 Å². The molecule has 0 aromatic heterocycles. The highest BCUT2D eigenvalue weighted by Crippen LogP contribution is 2.28. The van der Waals surface area contributed by atoms with Gasteiger partial charge in [0.05, 0.1) is 18.5 Å². The summed E-state index contributed by atoms with van der Waals surface area (Å²) in [5, 5.41) is 3.05. The first-order valence-electron chi connectivity index (χ1n) is 11.1. The lowest BCUT2D eigenvalue weighted by Crippen LogP contribution is -2.33. The summed E-state index contributed by atoms with van der Waals surface area (Å²) in [5.74, 6) is -0.128. The van der Waals surface area contributed by atoms with Crippen molar-refractivity contribution in [2.75, 3.05) is 10.6 Å². The normalized spacial score (nSPS) is 12.2.